The minimum Gasteiger partial charge on any atom is -0.495 e. The first kappa shape index (κ1) is 14.8. The van der Waals surface area contributed by atoms with Gasteiger partial charge >= 0.3 is 0 Å². The summed E-state index contributed by atoms with van der Waals surface area (Å²) in [6, 6.07) is 8.62. The summed E-state index contributed by atoms with van der Waals surface area (Å²) in [5.74, 6) is 0.334. The Morgan fingerprint density at radius 1 is 1.40 bits per heavy atom. The van der Waals surface area contributed by atoms with Crippen molar-refractivity contribution < 1.29 is 9.53 Å². The van der Waals surface area contributed by atoms with Gasteiger partial charge in [0.1, 0.15) is 5.75 Å². The van der Waals surface area contributed by atoms with Crippen molar-refractivity contribution in [2.45, 2.75) is 0 Å². The van der Waals surface area contributed by atoms with Gasteiger partial charge in [-0.1, -0.05) is 17.7 Å². The lowest BCUT2D eigenvalue weighted by atomic mass is 10.3. The van der Waals surface area contributed by atoms with E-state index in [4.69, 9.17) is 28.6 Å². The Morgan fingerprint density at radius 3 is 2.85 bits per heavy atom. The van der Waals surface area contributed by atoms with Crippen LogP contribution in [0.2, 0.25) is 5.02 Å². The van der Waals surface area contributed by atoms with Crippen LogP contribution < -0.4 is 15.4 Å². The second-order valence-electron chi connectivity index (χ2n) is 3.73. The Hall–Kier alpha value is -1.63. The van der Waals surface area contributed by atoms with Gasteiger partial charge in [-0.3, -0.25) is 10.1 Å². The summed E-state index contributed by atoms with van der Waals surface area (Å²) >= 11 is 12.4. The van der Waals surface area contributed by atoms with Crippen LogP contribution >= 0.6 is 35.2 Å². The highest BCUT2D eigenvalue weighted by molar-refractivity contribution is 7.80. The molecule has 0 unspecified atom stereocenters. The zero-order valence-electron chi connectivity index (χ0n) is 10.5. The molecule has 0 aliphatic carbocycles. The maximum atomic E-state index is 11.8. The molecule has 1 aromatic heterocycles. The highest BCUT2D eigenvalue weighted by atomic mass is 35.5. The molecule has 0 saturated carbocycles. The number of hydrogen-bond donors (Lipinski definition) is 2. The van der Waals surface area contributed by atoms with Gasteiger partial charge in [0.2, 0.25) is 0 Å². The van der Waals surface area contributed by atoms with E-state index in [0.717, 1.165) is 0 Å². The minimum absolute atomic E-state index is 0.184. The van der Waals surface area contributed by atoms with E-state index in [9.17, 15) is 4.79 Å². The highest BCUT2D eigenvalue weighted by Crippen LogP contribution is 2.27. The number of hydrogen-bond acceptors (Lipinski definition) is 4. The first-order valence-electron chi connectivity index (χ1n) is 5.59. The highest BCUT2D eigenvalue weighted by Gasteiger charge is 2.10. The summed E-state index contributed by atoms with van der Waals surface area (Å²) in [7, 11) is 1.54. The van der Waals surface area contributed by atoms with Crippen molar-refractivity contribution in [1.29, 1.82) is 0 Å². The predicted octanol–water partition coefficient (Wildman–Crippen LogP) is 3.54. The van der Waals surface area contributed by atoms with Crippen LogP contribution in [0.4, 0.5) is 5.69 Å². The van der Waals surface area contributed by atoms with Crippen molar-refractivity contribution in [3.63, 3.8) is 0 Å². The number of nitrogens with one attached hydrogen (secondary N) is 2. The Kier molecular flexibility index (Phi) is 4.94. The van der Waals surface area contributed by atoms with Crippen LogP contribution in [0.25, 0.3) is 0 Å². The van der Waals surface area contributed by atoms with E-state index in [-0.39, 0.29) is 11.0 Å². The Balaban J connectivity index is 2.05. The number of carbonyl (C=O) groups is 1. The Labute approximate surface area is 130 Å². The molecule has 1 heterocycles. The van der Waals surface area contributed by atoms with Crippen molar-refractivity contribution in [3.05, 3.63) is 45.6 Å². The number of anilines is 1. The number of methoxy groups -OCH3 is 1. The number of benzene rings is 1. The largest absolute Gasteiger partial charge is 0.495 e. The van der Waals surface area contributed by atoms with Crippen LogP contribution in [0.1, 0.15) is 9.67 Å². The molecule has 0 bridgehead atoms. The second-order valence-corrected chi connectivity index (χ2v) is 5.52. The summed E-state index contributed by atoms with van der Waals surface area (Å²) < 4.78 is 5.19. The molecule has 2 rings (SSSR count). The molecule has 4 nitrogen and oxygen atoms in total. The van der Waals surface area contributed by atoms with Crippen LogP contribution in [0, 0.1) is 0 Å². The van der Waals surface area contributed by atoms with Gasteiger partial charge in [0.15, 0.2) is 5.11 Å². The third-order valence-electron chi connectivity index (χ3n) is 2.38. The first-order chi connectivity index (χ1) is 9.60. The van der Waals surface area contributed by atoms with Crippen LogP contribution in [0.15, 0.2) is 35.7 Å². The lowest BCUT2D eigenvalue weighted by Gasteiger charge is -2.12. The molecular weight excluding hydrogens is 316 g/mol. The summed E-state index contributed by atoms with van der Waals surface area (Å²) in [5.41, 5.74) is 0.594. The average Bonchev–Trinajstić information content (AvgIpc) is 2.92. The predicted molar refractivity (Wildman–Crippen MR) is 86.0 cm³/mol. The average molecular weight is 327 g/mol. The number of carbonyl (C=O) groups excluding carboxylic acids is 1. The molecule has 1 amide bonds. The molecule has 20 heavy (non-hydrogen) atoms. The number of rotatable bonds is 3. The maximum Gasteiger partial charge on any atom is 0.267 e. The van der Waals surface area contributed by atoms with E-state index in [1.54, 1.807) is 37.4 Å². The third kappa shape index (κ3) is 3.69. The summed E-state index contributed by atoms with van der Waals surface area (Å²) in [4.78, 5) is 12.4. The third-order valence-corrected chi connectivity index (χ3v) is 3.69. The monoisotopic (exact) mass is 326 g/mol. The van der Waals surface area contributed by atoms with Gasteiger partial charge in [-0.25, -0.2) is 0 Å². The Bertz CT molecular complexity index is 629. The van der Waals surface area contributed by atoms with E-state index in [1.807, 2.05) is 5.38 Å². The molecule has 0 aliphatic heterocycles. The fourth-order valence-corrected chi connectivity index (χ4v) is 2.50. The van der Waals surface area contributed by atoms with Gasteiger partial charge in [0.25, 0.3) is 5.91 Å². The van der Waals surface area contributed by atoms with Crippen LogP contribution in [0.3, 0.4) is 0 Å². The van der Waals surface area contributed by atoms with Gasteiger partial charge in [-0.15, -0.1) is 11.3 Å². The molecule has 0 aliphatic rings. The smallest absolute Gasteiger partial charge is 0.267 e. The lowest BCUT2D eigenvalue weighted by Crippen LogP contribution is -2.33. The number of thiophene rings is 1. The van der Waals surface area contributed by atoms with Crippen molar-refractivity contribution >= 4 is 51.9 Å². The molecule has 0 radical (unpaired) electrons. The number of amides is 1. The quantitative estimate of drug-likeness (QED) is 0.847. The van der Waals surface area contributed by atoms with Crippen molar-refractivity contribution in [3.8, 4) is 5.75 Å². The number of thiocarbonyl (C=S) groups is 1. The standard InChI is InChI=1S/C13H11ClN2O2S2/c1-18-10-5-4-8(14)7-9(10)15-13(19)16-12(17)11-3-2-6-20-11/h2-7H,1H3,(H2,15,16,17,19). The van der Waals surface area contributed by atoms with Gasteiger partial charge < -0.3 is 10.1 Å². The lowest BCUT2D eigenvalue weighted by molar-refractivity contribution is 0.0981. The zero-order valence-corrected chi connectivity index (χ0v) is 12.9. The molecular formula is C13H11ClN2O2S2. The van der Waals surface area contributed by atoms with Gasteiger partial charge in [-0.05, 0) is 41.9 Å². The maximum absolute atomic E-state index is 11.8. The number of halogens is 1. The summed E-state index contributed by atoms with van der Waals surface area (Å²) in [6.07, 6.45) is 0. The van der Waals surface area contributed by atoms with Gasteiger partial charge in [0, 0.05) is 5.02 Å². The minimum atomic E-state index is -0.251. The summed E-state index contributed by atoms with van der Waals surface area (Å²) in [5, 5.41) is 8.04. The molecule has 1 aromatic carbocycles. The molecule has 104 valence electrons. The topological polar surface area (TPSA) is 50.4 Å². The molecule has 0 fully saturated rings. The van der Waals surface area contributed by atoms with Crippen LogP contribution in [0.5, 0.6) is 5.75 Å². The van der Waals surface area contributed by atoms with E-state index in [2.05, 4.69) is 10.6 Å². The molecule has 0 spiro atoms. The summed E-state index contributed by atoms with van der Waals surface area (Å²) in [6.45, 7) is 0. The molecule has 2 aromatic rings. The Morgan fingerprint density at radius 2 is 2.20 bits per heavy atom. The van der Waals surface area contributed by atoms with Crippen LogP contribution in [-0.4, -0.2) is 18.1 Å². The normalized spacial score (nSPS) is 9.90. The molecule has 2 N–H and O–H groups in total. The number of ether oxygens (including phenoxy) is 1. The van der Waals surface area contributed by atoms with Crippen molar-refractivity contribution in [2.24, 2.45) is 0 Å². The van der Waals surface area contributed by atoms with Crippen molar-refractivity contribution in [1.82, 2.24) is 5.32 Å². The van der Waals surface area contributed by atoms with Crippen molar-refractivity contribution in [2.75, 3.05) is 12.4 Å². The van der Waals surface area contributed by atoms with E-state index >= 15 is 0 Å². The molecule has 7 heteroatoms. The van der Waals surface area contributed by atoms with Gasteiger partial charge in [-0.2, -0.15) is 0 Å². The van der Waals surface area contributed by atoms with E-state index in [1.165, 1.54) is 11.3 Å². The van der Waals surface area contributed by atoms with Crippen LogP contribution in [-0.2, 0) is 0 Å². The first-order valence-corrected chi connectivity index (χ1v) is 7.26. The SMILES string of the molecule is COc1ccc(Cl)cc1NC(=S)NC(=O)c1cccs1. The second kappa shape index (κ2) is 6.69. The molecule has 0 atom stereocenters. The molecule has 0 saturated heterocycles. The fraction of sp³-hybridized carbons (Fsp3) is 0.0769. The van der Waals surface area contributed by atoms with Gasteiger partial charge in [0.05, 0.1) is 17.7 Å². The fourth-order valence-electron chi connectivity index (χ4n) is 1.50. The van der Waals surface area contributed by atoms with E-state index < -0.39 is 0 Å². The van der Waals surface area contributed by atoms with E-state index in [0.29, 0.717) is 21.3 Å². The zero-order chi connectivity index (χ0) is 14.5.